The molecule has 0 spiro atoms. The van der Waals surface area contributed by atoms with Gasteiger partial charge in [0.1, 0.15) is 0 Å². The molecule has 0 aromatic carbocycles. The minimum atomic E-state index is 0.727. The van der Waals surface area contributed by atoms with Gasteiger partial charge in [-0.25, -0.2) is 0 Å². The van der Waals surface area contributed by atoms with Gasteiger partial charge in [0.2, 0.25) is 0 Å². The monoisotopic (exact) mass is 166 g/mol. The van der Waals surface area contributed by atoms with Crippen molar-refractivity contribution in [3.63, 3.8) is 0 Å². The van der Waals surface area contributed by atoms with Crippen molar-refractivity contribution < 1.29 is 0 Å². The third-order valence-electron chi connectivity index (χ3n) is 4.79. The summed E-state index contributed by atoms with van der Waals surface area (Å²) in [6.07, 6.45) is 4.64. The zero-order valence-corrected chi connectivity index (χ0v) is 8.93. The van der Waals surface area contributed by atoms with E-state index in [4.69, 9.17) is 0 Å². The molecule has 0 saturated heterocycles. The molecule has 0 amide bonds. The van der Waals surface area contributed by atoms with E-state index in [-0.39, 0.29) is 0 Å². The second-order valence-electron chi connectivity index (χ2n) is 5.66. The van der Waals surface area contributed by atoms with E-state index >= 15 is 0 Å². The van der Waals surface area contributed by atoms with Crippen LogP contribution in [0.1, 0.15) is 47.0 Å². The van der Waals surface area contributed by atoms with Crippen molar-refractivity contribution in [2.45, 2.75) is 47.0 Å². The lowest BCUT2D eigenvalue weighted by molar-refractivity contribution is 0.0661. The van der Waals surface area contributed by atoms with Crippen LogP contribution in [0.15, 0.2) is 0 Å². The molecule has 3 aliphatic carbocycles. The maximum Gasteiger partial charge on any atom is -0.0220 e. The first-order chi connectivity index (χ1) is 5.57. The number of hydrogen-bond acceptors (Lipinski definition) is 0. The van der Waals surface area contributed by atoms with Gasteiger partial charge in [-0.3, -0.25) is 0 Å². The van der Waals surface area contributed by atoms with E-state index in [0.29, 0.717) is 0 Å². The quantitative estimate of drug-likeness (QED) is 0.586. The molecule has 0 aromatic rings. The highest BCUT2D eigenvalue weighted by molar-refractivity contribution is 5.06. The smallest absolute Gasteiger partial charge is 0.0220 e. The van der Waals surface area contributed by atoms with Crippen LogP contribution < -0.4 is 0 Å². The SMILES string of the molecule is CC(C)C1(C(C)C)CC2CC1C2. The molecule has 0 aliphatic heterocycles. The Kier molecular flexibility index (Phi) is 1.79. The normalized spacial score (nSPS) is 37.5. The first-order valence-electron chi connectivity index (χ1n) is 5.57. The minimum Gasteiger partial charge on any atom is -0.0622 e. The van der Waals surface area contributed by atoms with E-state index in [0.717, 1.165) is 29.1 Å². The largest absolute Gasteiger partial charge is 0.0622 e. The van der Waals surface area contributed by atoms with Crippen molar-refractivity contribution in [3.05, 3.63) is 0 Å². The summed E-state index contributed by atoms with van der Waals surface area (Å²) in [6, 6.07) is 0. The molecule has 0 N–H and O–H groups in total. The Labute approximate surface area is 76.7 Å². The average molecular weight is 166 g/mol. The summed E-state index contributed by atoms with van der Waals surface area (Å²) in [5, 5.41) is 0. The summed E-state index contributed by atoms with van der Waals surface area (Å²) < 4.78 is 0. The Hall–Kier alpha value is 0. The Morgan fingerprint density at radius 3 is 1.67 bits per heavy atom. The Morgan fingerprint density at radius 1 is 1.00 bits per heavy atom. The van der Waals surface area contributed by atoms with Gasteiger partial charge < -0.3 is 0 Å². The van der Waals surface area contributed by atoms with Crippen molar-refractivity contribution in [3.8, 4) is 0 Å². The summed E-state index contributed by atoms with van der Waals surface area (Å²) in [7, 11) is 0. The van der Waals surface area contributed by atoms with E-state index in [9.17, 15) is 0 Å². The molecule has 0 unspecified atom stereocenters. The van der Waals surface area contributed by atoms with Gasteiger partial charge in [0, 0.05) is 0 Å². The maximum absolute atomic E-state index is 2.43. The predicted molar refractivity (Wildman–Crippen MR) is 52.9 cm³/mol. The summed E-state index contributed by atoms with van der Waals surface area (Å²) in [5.74, 6) is 3.99. The second-order valence-corrected chi connectivity index (χ2v) is 5.66. The van der Waals surface area contributed by atoms with Crippen molar-refractivity contribution in [2.75, 3.05) is 0 Å². The minimum absolute atomic E-state index is 0.727. The third kappa shape index (κ3) is 0.843. The highest BCUT2D eigenvalue weighted by Gasteiger charge is 2.57. The lowest BCUT2D eigenvalue weighted by Gasteiger charge is -2.42. The first kappa shape index (κ1) is 8.59. The lowest BCUT2D eigenvalue weighted by atomic mass is 9.63. The van der Waals surface area contributed by atoms with Crippen molar-refractivity contribution >= 4 is 0 Å². The molecule has 3 fully saturated rings. The number of hydrogen-bond donors (Lipinski definition) is 0. The summed E-state index contributed by atoms with van der Waals surface area (Å²) in [4.78, 5) is 0. The van der Waals surface area contributed by atoms with E-state index in [1.54, 1.807) is 12.8 Å². The Bertz CT molecular complexity index is 164. The van der Waals surface area contributed by atoms with Gasteiger partial charge in [-0.15, -0.1) is 0 Å². The van der Waals surface area contributed by atoms with Crippen LogP contribution in [0.25, 0.3) is 0 Å². The fourth-order valence-corrected chi connectivity index (χ4v) is 4.09. The molecule has 0 heterocycles. The van der Waals surface area contributed by atoms with Gasteiger partial charge in [0.25, 0.3) is 0 Å². The summed E-state index contributed by atoms with van der Waals surface area (Å²) in [5.41, 5.74) is 0.727. The zero-order valence-electron chi connectivity index (χ0n) is 8.93. The van der Waals surface area contributed by atoms with Crippen LogP contribution in [0.3, 0.4) is 0 Å². The third-order valence-corrected chi connectivity index (χ3v) is 4.79. The zero-order chi connectivity index (χ0) is 8.93. The van der Waals surface area contributed by atoms with E-state index < -0.39 is 0 Å². The van der Waals surface area contributed by atoms with Crippen molar-refractivity contribution in [1.82, 2.24) is 0 Å². The predicted octanol–water partition coefficient (Wildman–Crippen LogP) is 3.71. The molecule has 0 radical (unpaired) electrons. The van der Waals surface area contributed by atoms with Crippen molar-refractivity contribution in [1.29, 1.82) is 0 Å². The molecular formula is C12H22. The average Bonchev–Trinajstić information content (AvgIpc) is 2.36. The van der Waals surface area contributed by atoms with Gasteiger partial charge in [0.15, 0.2) is 0 Å². The Morgan fingerprint density at radius 2 is 1.50 bits per heavy atom. The molecule has 0 aromatic heterocycles. The van der Waals surface area contributed by atoms with E-state index in [1.165, 1.54) is 6.42 Å². The van der Waals surface area contributed by atoms with Crippen LogP contribution in [-0.2, 0) is 0 Å². The molecule has 0 nitrogen and oxygen atoms in total. The van der Waals surface area contributed by atoms with Crippen LogP contribution in [-0.4, -0.2) is 0 Å². The van der Waals surface area contributed by atoms with Gasteiger partial charge in [-0.1, -0.05) is 27.7 Å². The van der Waals surface area contributed by atoms with Crippen LogP contribution in [0.4, 0.5) is 0 Å². The van der Waals surface area contributed by atoms with Gasteiger partial charge in [-0.2, -0.15) is 0 Å². The molecular weight excluding hydrogens is 144 g/mol. The fourth-order valence-electron chi connectivity index (χ4n) is 4.09. The fraction of sp³-hybridized carbons (Fsp3) is 1.00. The maximum atomic E-state index is 2.43. The van der Waals surface area contributed by atoms with E-state index in [2.05, 4.69) is 27.7 Å². The molecule has 0 atom stereocenters. The first-order valence-corrected chi connectivity index (χ1v) is 5.57. The summed E-state index contributed by atoms with van der Waals surface area (Å²) >= 11 is 0. The van der Waals surface area contributed by atoms with Gasteiger partial charge >= 0.3 is 0 Å². The Balaban J connectivity index is 2.23. The van der Waals surface area contributed by atoms with Crippen LogP contribution in [0.5, 0.6) is 0 Å². The standard InChI is InChI=1S/C12H22/c1-8(2)12(9(3)4)7-10-5-11(12)6-10/h8-11H,5-7H2,1-4H3. The van der Waals surface area contributed by atoms with Crippen LogP contribution >= 0.6 is 0 Å². The molecule has 3 rings (SSSR count). The highest BCUT2D eigenvalue weighted by Crippen LogP contribution is 2.65. The topological polar surface area (TPSA) is 0 Å². The molecule has 2 bridgehead atoms. The van der Waals surface area contributed by atoms with E-state index in [1.807, 2.05) is 0 Å². The molecule has 0 heteroatoms. The van der Waals surface area contributed by atoms with Gasteiger partial charge in [-0.05, 0) is 48.3 Å². The van der Waals surface area contributed by atoms with Crippen LogP contribution in [0, 0.1) is 29.1 Å². The highest BCUT2D eigenvalue weighted by atomic mass is 14.6. The summed E-state index contributed by atoms with van der Waals surface area (Å²) in [6.45, 7) is 9.72. The molecule has 3 aliphatic rings. The van der Waals surface area contributed by atoms with Gasteiger partial charge in [0.05, 0.1) is 0 Å². The number of rotatable bonds is 2. The molecule has 12 heavy (non-hydrogen) atoms. The molecule has 70 valence electrons. The molecule has 3 saturated carbocycles. The van der Waals surface area contributed by atoms with Crippen LogP contribution in [0.2, 0.25) is 0 Å². The second kappa shape index (κ2) is 2.49. The number of fused-ring (bicyclic) bond motifs is 1. The lowest BCUT2D eigenvalue weighted by Crippen LogP contribution is -2.35. The van der Waals surface area contributed by atoms with Crippen molar-refractivity contribution in [2.24, 2.45) is 29.1 Å².